The van der Waals surface area contributed by atoms with E-state index in [0.717, 1.165) is 12.5 Å². The van der Waals surface area contributed by atoms with Crippen molar-refractivity contribution in [2.24, 2.45) is 7.05 Å². The number of rotatable bonds is 6. The Morgan fingerprint density at radius 2 is 1.87 bits per heavy atom. The molecule has 1 aromatic heterocycles. The van der Waals surface area contributed by atoms with Crippen LogP contribution in [0.1, 0.15) is 11.1 Å². The molecule has 0 aliphatic rings. The largest absolute Gasteiger partial charge is 0.397 e. The lowest BCUT2D eigenvalue weighted by atomic mass is 10.0. The van der Waals surface area contributed by atoms with Gasteiger partial charge in [0.15, 0.2) is 0 Å². The van der Waals surface area contributed by atoms with E-state index in [0.29, 0.717) is 0 Å². The Hall–Kier alpha value is -1.88. The van der Waals surface area contributed by atoms with E-state index in [2.05, 4.69) is 54.6 Å². The van der Waals surface area contributed by atoms with Crippen LogP contribution in [0.4, 0.5) is 0 Å². The number of allylic oxidation sites excluding steroid dienone is 1. The second-order valence-electron chi connectivity index (χ2n) is 5.68. The third-order valence-corrected chi connectivity index (χ3v) is 5.89. The predicted molar refractivity (Wildman–Crippen MR) is 97.8 cm³/mol. The van der Waals surface area contributed by atoms with Gasteiger partial charge in [-0.3, -0.25) is 0 Å². The minimum atomic E-state index is -1.29. The zero-order valence-corrected chi connectivity index (χ0v) is 14.9. The number of fused-ring (bicyclic) bond motifs is 3. The topological polar surface area (TPSA) is 23.4 Å². The molecule has 0 amide bonds. The molecule has 0 unspecified atom stereocenters. The first-order chi connectivity index (χ1) is 11.2. The van der Waals surface area contributed by atoms with Gasteiger partial charge in [-0.2, -0.15) is 0 Å². The fraction of sp³-hybridized carbons (Fsp3) is 0.263. The van der Waals surface area contributed by atoms with E-state index in [-0.39, 0.29) is 0 Å². The van der Waals surface area contributed by atoms with Crippen LogP contribution >= 0.6 is 0 Å². The van der Waals surface area contributed by atoms with Gasteiger partial charge in [-0.1, -0.05) is 30.3 Å². The molecule has 119 valence electrons. The van der Waals surface area contributed by atoms with Crippen LogP contribution in [0.15, 0.2) is 49.1 Å². The second kappa shape index (κ2) is 6.70. The maximum absolute atomic E-state index is 5.52. The first kappa shape index (κ1) is 16.0. The highest BCUT2D eigenvalue weighted by atomic mass is 28.3. The Morgan fingerprint density at radius 3 is 2.57 bits per heavy atom. The summed E-state index contributed by atoms with van der Waals surface area (Å²) in [5, 5.41) is 2.59. The number of para-hydroxylation sites is 1. The van der Waals surface area contributed by atoms with Crippen LogP contribution in [-0.2, 0) is 28.4 Å². The Labute approximate surface area is 139 Å². The minimum absolute atomic E-state index is 0.823. The molecular weight excluding hydrogens is 302 g/mol. The molecule has 0 fully saturated rings. The Bertz CT molecular complexity index is 849. The Morgan fingerprint density at radius 1 is 1.13 bits per heavy atom. The van der Waals surface area contributed by atoms with Crippen molar-refractivity contribution in [1.29, 1.82) is 0 Å². The summed E-state index contributed by atoms with van der Waals surface area (Å²) in [6.45, 7) is 3.88. The van der Waals surface area contributed by atoms with Crippen LogP contribution in [0.2, 0.25) is 0 Å². The van der Waals surface area contributed by atoms with E-state index in [1.54, 1.807) is 14.2 Å². The van der Waals surface area contributed by atoms with Crippen LogP contribution in [-0.4, -0.2) is 28.1 Å². The molecule has 0 aliphatic carbocycles. The summed E-state index contributed by atoms with van der Waals surface area (Å²) < 4.78 is 13.3. The highest BCUT2D eigenvalue weighted by Gasteiger charge is 2.19. The third kappa shape index (κ3) is 2.85. The molecule has 2 aromatic carbocycles. The molecule has 1 heterocycles. The van der Waals surface area contributed by atoms with Crippen molar-refractivity contribution in [3.05, 3.63) is 60.2 Å². The fourth-order valence-electron chi connectivity index (χ4n) is 3.28. The monoisotopic (exact) mass is 324 g/mol. The summed E-state index contributed by atoms with van der Waals surface area (Å²) in [5.41, 5.74) is 5.10. The molecule has 4 heteroatoms. The lowest BCUT2D eigenvalue weighted by Gasteiger charge is -2.13. The molecule has 1 radical (unpaired) electrons. The molecule has 0 saturated carbocycles. The van der Waals surface area contributed by atoms with Crippen LogP contribution in [0.3, 0.4) is 0 Å². The number of aromatic nitrogens is 1. The minimum Gasteiger partial charge on any atom is -0.397 e. The first-order valence-corrected chi connectivity index (χ1v) is 9.25. The van der Waals surface area contributed by atoms with Gasteiger partial charge in [0.1, 0.15) is 0 Å². The molecule has 0 atom stereocenters. The number of nitrogens with zero attached hydrogens (tertiary/aromatic N) is 1. The van der Waals surface area contributed by atoms with Crippen molar-refractivity contribution >= 4 is 31.1 Å². The van der Waals surface area contributed by atoms with E-state index < -0.39 is 9.28 Å². The number of benzene rings is 2. The molecule has 0 N–H and O–H groups in total. The second-order valence-corrected chi connectivity index (χ2v) is 7.59. The molecule has 0 saturated heterocycles. The van der Waals surface area contributed by atoms with Gasteiger partial charge in [0, 0.05) is 43.6 Å². The third-order valence-electron chi connectivity index (χ3n) is 4.31. The van der Waals surface area contributed by atoms with Gasteiger partial charge in [-0.25, -0.2) is 0 Å². The Kier molecular flexibility index (Phi) is 4.66. The average Bonchev–Trinajstić information content (AvgIpc) is 2.86. The quantitative estimate of drug-likeness (QED) is 0.507. The van der Waals surface area contributed by atoms with Gasteiger partial charge in [-0.15, -0.1) is 6.58 Å². The zero-order chi connectivity index (χ0) is 16.4. The molecule has 0 aliphatic heterocycles. The van der Waals surface area contributed by atoms with Crippen LogP contribution in [0.25, 0.3) is 21.8 Å². The van der Waals surface area contributed by atoms with E-state index in [1.165, 1.54) is 32.9 Å². The smallest absolute Gasteiger partial charge is 0.388 e. The molecule has 3 nitrogen and oxygen atoms in total. The lowest BCUT2D eigenvalue weighted by Crippen LogP contribution is -2.23. The molecule has 23 heavy (non-hydrogen) atoms. The molecule has 0 spiro atoms. The van der Waals surface area contributed by atoms with E-state index in [9.17, 15) is 0 Å². The normalized spacial score (nSPS) is 11.7. The summed E-state index contributed by atoms with van der Waals surface area (Å²) in [4.78, 5) is 0. The summed E-state index contributed by atoms with van der Waals surface area (Å²) >= 11 is 0. The first-order valence-electron chi connectivity index (χ1n) is 7.73. The Balaban J connectivity index is 2.29. The zero-order valence-electron chi connectivity index (χ0n) is 13.9. The van der Waals surface area contributed by atoms with Gasteiger partial charge in [0.2, 0.25) is 0 Å². The van der Waals surface area contributed by atoms with Gasteiger partial charge in [0.05, 0.1) is 5.52 Å². The lowest BCUT2D eigenvalue weighted by molar-refractivity contribution is 0.277. The summed E-state index contributed by atoms with van der Waals surface area (Å²) in [7, 11) is 4.30. The van der Waals surface area contributed by atoms with Crippen LogP contribution in [0.5, 0.6) is 0 Å². The van der Waals surface area contributed by atoms with Crippen molar-refractivity contribution in [2.45, 2.75) is 12.5 Å². The maximum Gasteiger partial charge on any atom is 0.388 e. The molecule has 3 rings (SSSR count). The highest BCUT2D eigenvalue weighted by molar-refractivity contribution is 6.44. The summed E-state index contributed by atoms with van der Waals surface area (Å²) in [6, 6.07) is 13.9. The van der Waals surface area contributed by atoms with Gasteiger partial charge in [0.25, 0.3) is 0 Å². The van der Waals surface area contributed by atoms with Gasteiger partial charge >= 0.3 is 9.28 Å². The predicted octanol–water partition coefficient (Wildman–Crippen LogP) is 3.92. The van der Waals surface area contributed by atoms with Crippen molar-refractivity contribution in [1.82, 2.24) is 4.57 Å². The highest BCUT2D eigenvalue weighted by Crippen LogP contribution is 2.32. The van der Waals surface area contributed by atoms with Gasteiger partial charge in [-0.05, 0) is 29.7 Å². The maximum atomic E-state index is 5.52. The fourth-order valence-corrected chi connectivity index (χ4v) is 4.31. The van der Waals surface area contributed by atoms with Crippen molar-refractivity contribution in [2.75, 3.05) is 14.2 Å². The summed E-state index contributed by atoms with van der Waals surface area (Å²) in [5.74, 6) is 0. The van der Waals surface area contributed by atoms with Crippen molar-refractivity contribution in [3.8, 4) is 0 Å². The van der Waals surface area contributed by atoms with Crippen molar-refractivity contribution < 1.29 is 8.85 Å². The number of hydrogen-bond acceptors (Lipinski definition) is 2. The SMILES string of the molecule is C=CCc1cc(C[Si](OC)OC)c2c(c1)c1ccccc1n2C. The molecule has 0 bridgehead atoms. The number of hydrogen-bond donors (Lipinski definition) is 0. The molecule has 3 aromatic rings. The summed E-state index contributed by atoms with van der Waals surface area (Å²) in [6.07, 6.45) is 2.82. The van der Waals surface area contributed by atoms with Crippen molar-refractivity contribution in [3.63, 3.8) is 0 Å². The average molecular weight is 324 g/mol. The van der Waals surface area contributed by atoms with E-state index in [1.807, 2.05) is 6.08 Å². The van der Waals surface area contributed by atoms with E-state index >= 15 is 0 Å². The standard InChI is InChI=1S/C19H22NO2Si/c1-5-8-14-11-15(13-23(21-3)22-4)19-17(12-14)16-9-6-7-10-18(16)20(19)2/h5-7,9-12H,1,8,13H2,2-4H3. The molecular formula is C19H22NO2Si. The van der Waals surface area contributed by atoms with E-state index in [4.69, 9.17) is 8.85 Å². The van der Waals surface area contributed by atoms with Crippen LogP contribution in [0, 0.1) is 0 Å². The van der Waals surface area contributed by atoms with Crippen LogP contribution < -0.4 is 0 Å². The van der Waals surface area contributed by atoms with Gasteiger partial charge < -0.3 is 13.4 Å². The number of aryl methyl sites for hydroxylation is 1.